The highest BCUT2D eigenvalue weighted by atomic mass is 35.5. The van der Waals surface area contributed by atoms with Gasteiger partial charge >= 0.3 is 0 Å². The zero-order chi connectivity index (χ0) is 22.0. The van der Waals surface area contributed by atoms with E-state index >= 15 is 0 Å². The summed E-state index contributed by atoms with van der Waals surface area (Å²) in [6, 6.07) is 14.5. The first-order valence-electron chi connectivity index (χ1n) is 9.52. The Morgan fingerprint density at radius 3 is 2.61 bits per heavy atom. The van der Waals surface area contributed by atoms with E-state index in [2.05, 4.69) is 4.98 Å². The summed E-state index contributed by atoms with van der Waals surface area (Å²) in [5.41, 5.74) is 2.27. The van der Waals surface area contributed by atoms with Gasteiger partial charge in [-0.15, -0.1) is 0 Å². The molecule has 4 aromatic rings. The van der Waals surface area contributed by atoms with Crippen molar-refractivity contribution in [2.75, 3.05) is 7.11 Å². The summed E-state index contributed by atoms with van der Waals surface area (Å²) in [5.74, 6) is 0.204. The highest BCUT2D eigenvalue weighted by molar-refractivity contribution is 7.91. The van der Waals surface area contributed by atoms with Crippen LogP contribution in [0.15, 0.2) is 83.0 Å². The minimum atomic E-state index is -3.76. The first-order valence-corrected chi connectivity index (χ1v) is 11.4. The number of hydrogen-bond acceptors (Lipinski definition) is 5. The zero-order valence-corrected chi connectivity index (χ0v) is 18.2. The van der Waals surface area contributed by atoms with Crippen LogP contribution in [-0.2, 0) is 16.3 Å². The monoisotopic (exact) mass is 454 g/mol. The van der Waals surface area contributed by atoms with Crippen molar-refractivity contribution in [2.45, 2.75) is 22.6 Å². The van der Waals surface area contributed by atoms with Crippen molar-refractivity contribution in [3.8, 4) is 5.75 Å². The molecule has 0 spiro atoms. The third-order valence-electron chi connectivity index (χ3n) is 5.00. The second-order valence-corrected chi connectivity index (χ2v) is 9.33. The van der Waals surface area contributed by atoms with E-state index in [4.69, 9.17) is 16.3 Å². The number of benzene rings is 2. The van der Waals surface area contributed by atoms with Crippen molar-refractivity contribution in [1.82, 2.24) is 9.38 Å². The van der Waals surface area contributed by atoms with Crippen LogP contribution < -0.4 is 4.74 Å². The molecular formula is C23H19ClN2O4S. The quantitative estimate of drug-likeness (QED) is 0.380. The van der Waals surface area contributed by atoms with Gasteiger partial charge in [0.25, 0.3) is 0 Å². The molecule has 0 amide bonds. The van der Waals surface area contributed by atoms with Gasteiger partial charge in [-0.1, -0.05) is 23.7 Å². The molecule has 0 radical (unpaired) electrons. The van der Waals surface area contributed by atoms with E-state index in [9.17, 15) is 13.2 Å². The Labute approximate surface area is 185 Å². The van der Waals surface area contributed by atoms with Gasteiger partial charge in [0.1, 0.15) is 16.3 Å². The lowest BCUT2D eigenvalue weighted by Crippen LogP contribution is -2.05. The number of carbonyl (C=O) groups excluding carboxylic acids is 1. The molecule has 8 heteroatoms. The van der Waals surface area contributed by atoms with E-state index in [1.165, 1.54) is 25.3 Å². The molecule has 2 aromatic heterocycles. The number of pyridine rings is 1. The number of ketones is 1. The summed E-state index contributed by atoms with van der Waals surface area (Å²) in [4.78, 5) is 16.9. The van der Waals surface area contributed by atoms with Gasteiger partial charge in [0.05, 0.1) is 12.0 Å². The Bertz CT molecular complexity index is 1360. The largest absolute Gasteiger partial charge is 0.495 e. The third-order valence-corrected chi connectivity index (χ3v) is 7.04. The lowest BCUT2D eigenvalue weighted by atomic mass is 10.0. The zero-order valence-electron chi connectivity index (χ0n) is 16.7. The van der Waals surface area contributed by atoms with E-state index in [0.29, 0.717) is 23.4 Å². The molecular weight excluding hydrogens is 436 g/mol. The molecule has 0 unspecified atom stereocenters. The number of ether oxygens (including phenoxy) is 1. The minimum absolute atomic E-state index is 0.0122. The number of Topliss-reactive ketones (excluding diaryl/α,β-unsaturated/α-hetero) is 1. The second kappa shape index (κ2) is 8.53. The van der Waals surface area contributed by atoms with Gasteiger partial charge < -0.3 is 9.14 Å². The molecule has 2 heterocycles. The van der Waals surface area contributed by atoms with E-state index in [-0.39, 0.29) is 21.3 Å². The summed E-state index contributed by atoms with van der Waals surface area (Å²) in [6.45, 7) is 0. The standard InChI is InChI=1S/C23H19ClN2O4S/c1-30-21-14-18(24)6-10-22(21)31(28,29)19-7-2-16(3-8-19)4-9-20(27)17-5-11-23-25-12-13-26(23)15-17/h2-3,5-8,10-15H,4,9H2,1H3. The molecule has 0 aliphatic carbocycles. The number of rotatable bonds is 7. The van der Waals surface area contributed by atoms with Gasteiger partial charge in [-0.2, -0.15) is 0 Å². The van der Waals surface area contributed by atoms with Crippen LogP contribution in [0.25, 0.3) is 5.65 Å². The molecule has 0 atom stereocenters. The number of hydrogen-bond donors (Lipinski definition) is 0. The number of nitrogens with zero attached hydrogens (tertiary/aromatic N) is 2. The number of carbonyl (C=O) groups is 1. The van der Waals surface area contributed by atoms with E-state index < -0.39 is 9.84 Å². The number of halogens is 1. The highest BCUT2D eigenvalue weighted by Gasteiger charge is 2.22. The molecule has 0 saturated heterocycles. The van der Waals surface area contributed by atoms with Crippen LogP contribution >= 0.6 is 11.6 Å². The predicted octanol–water partition coefficient (Wildman–Crippen LogP) is 4.64. The Morgan fingerprint density at radius 1 is 1.10 bits per heavy atom. The maximum Gasteiger partial charge on any atom is 0.210 e. The van der Waals surface area contributed by atoms with Crippen LogP contribution in [-0.4, -0.2) is 30.7 Å². The Hall–Kier alpha value is -3.16. The average molecular weight is 455 g/mol. The van der Waals surface area contributed by atoms with Crippen LogP contribution in [0.3, 0.4) is 0 Å². The Balaban J connectivity index is 1.48. The SMILES string of the molecule is COc1cc(Cl)ccc1S(=O)(=O)c1ccc(CCC(=O)c2ccc3nccn3c2)cc1. The molecule has 0 bridgehead atoms. The predicted molar refractivity (Wildman–Crippen MR) is 118 cm³/mol. The lowest BCUT2D eigenvalue weighted by molar-refractivity contribution is 0.0982. The number of aryl methyl sites for hydroxylation is 1. The third kappa shape index (κ3) is 4.33. The fraction of sp³-hybridized carbons (Fsp3) is 0.130. The van der Waals surface area contributed by atoms with Crippen molar-refractivity contribution in [3.63, 3.8) is 0 Å². The number of sulfone groups is 1. The van der Waals surface area contributed by atoms with Crippen LogP contribution in [0.2, 0.25) is 5.02 Å². The Morgan fingerprint density at radius 2 is 1.87 bits per heavy atom. The van der Waals surface area contributed by atoms with E-state index in [1.54, 1.807) is 59.4 Å². The summed E-state index contributed by atoms with van der Waals surface area (Å²) in [7, 11) is -2.37. The number of methoxy groups -OCH3 is 1. The fourth-order valence-electron chi connectivity index (χ4n) is 3.31. The molecule has 0 aliphatic heterocycles. The summed E-state index contributed by atoms with van der Waals surface area (Å²) in [6.07, 6.45) is 6.06. The lowest BCUT2D eigenvalue weighted by Gasteiger charge is -2.10. The first-order chi connectivity index (χ1) is 14.9. The molecule has 0 aliphatic rings. The molecule has 158 valence electrons. The highest BCUT2D eigenvalue weighted by Crippen LogP contribution is 2.31. The first kappa shape index (κ1) is 21.1. The molecule has 2 aromatic carbocycles. The molecule has 0 fully saturated rings. The average Bonchev–Trinajstić information content (AvgIpc) is 3.25. The van der Waals surface area contributed by atoms with Crippen LogP contribution in [0.4, 0.5) is 0 Å². The molecule has 0 N–H and O–H groups in total. The van der Waals surface area contributed by atoms with E-state index in [0.717, 1.165) is 11.2 Å². The maximum absolute atomic E-state index is 13.0. The van der Waals surface area contributed by atoms with Gasteiger partial charge in [0, 0.05) is 41.7 Å². The van der Waals surface area contributed by atoms with Gasteiger partial charge in [-0.05, 0) is 48.4 Å². The smallest absolute Gasteiger partial charge is 0.210 e. The fourth-order valence-corrected chi connectivity index (χ4v) is 4.88. The summed E-state index contributed by atoms with van der Waals surface area (Å²) >= 11 is 5.93. The van der Waals surface area contributed by atoms with Crippen LogP contribution in [0, 0.1) is 0 Å². The topological polar surface area (TPSA) is 77.7 Å². The van der Waals surface area contributed by atoms with Gasteiger partial charge in [0.15, 0.2) is 5.78 Å². The van der Waals surface area contributed by atoms with Crippen molar-refractivity contribution in [3.05, 3.63) is 89.3 Å². The van der Waals surface area contributed by atoms with Gasteiger partial charge in [-0.3, -0.25) is 4.79 Å². The molecule has 4 rings (SSSR count). The molecule has 0 saturated carbocycles. The maximum atomic E-state index is 13.0. The van der Waals surface area contributed by atoms with Crippen LogP contribution in [0.5, 0.6) is 5.75 Å². The number of imidazole rings is 1. The van der Waals surface area contributed by atoms with Crippen molar-refractivity contribution < 1.29 is 17.9 Å². The molecule has 6 nitrogen and oxygen atoms in total. The van der Waals surface area contributed by atoms with Crippen molar-refractivity contribution in [1.29, 1.82) is 0 Å². The normalized spacial score (nSPS) is 11.5. The van der Waals surface area contributed by atoms with Gasteiger partial charge in [0.2, 0.25) is 9.84 Å². The molecule has 31 heavy (non-hydrogen) atoms. The minimum Gasteiger partial charge on any atom is -0.495 e. The van der Waals surface area contributed by atoms with Crippen molar-refractivity contribution >= 4 is 32.9 Å². The Kier molecular flexibility index (Phi) is 5.80. The van der Waals surface area contributed by atoms with Gasteiger partial charge in [-0.25, -0.2) is 13.4 Å². The second-order valence-electron chi connectivity index (χ2n) is 6.98. The number of aromatic nitrogens is 2. The van der Waals surface area contributed by atoms with Crippen LogP contribution in [0.1, 0.15) is 22.3 Å². The van der Waals surface area contributed by atoms with Crippen molar-refractivity contribution in [2.24, 2.45) is 0 Å². The summed E-state index contributed by atoms with van der Waals surface area (Å²) in [5, 5.41) is 0.392. The van der Waals surface area contributed by atoms with E-state index in [1.807, 2.05) is 0 Å². The summed E-state index contributed by atoms with van der Waals surface area (Å²) < 4.78 is 33.0. The number of fused-ring (bicyclic) bond motifs is 1.